The minimum absolute atomic E-state index is 0.163. The van der Waals surface area contributed by atoms with Crippen molar-refractivity contribution in [1.29, 1.82) is 0 Å². The molecule has 0 saturated carbocycles. The summed E-state index contributed by atoms with van der Waals surface area (Å²) < 4.78 is 5.57. The zero-order valence-electron chi connectivity index (χ0n) is 21.8. The van der Waals surface area contributed by atoms with E-state index in [0.717, 1.165) is 51.4 Å². The monoisotopic (exact) mass is 516 g/mol. The van der Waals surface area contributed by atoms with E-state index in [-0.39, 0.29) is 12.0 Å². The highest BCUT2D eigenvalue weighted by molar-refractivity contribution is 6.04. The number of nitrogens with zero attached hydrogens (tertiary/aromatic N) is 4. The Kier molecular flexibility index (Phi) is 8.67. The predicted molar refractivity (Wildman–Crippen MR) is 146 cm³/mol. The van der Waals surface area contributed by atoms with E-state index in [1.807, 2.05) is 30.5 Å². The molecule has 2 aromatic carbocycles. The van der Waals surface area contributed by atoms with Crippen LogP contribution in [0.2, 0.25) is 0 Å². The molecule has 0 spiro atoms. The van der Waals surface area contributed by atoms with Crippen molar-refractivity contribution in [3.05, 3.63) is 77.9 Å². The van der Waals surface area contributed by atoms with E-state index in [9.17, 15) is 9.59 Å². The fourth-order valence-electron chi connectivity index (χ4n) is 4.97. The SMILES string of the molecule is O=C(Nc1ccc(OC(=O)N2CCN(CCc3c[nH]cn3)CC2)cc1)c1ccc(CN2CCCCC2)cc1. The van der Waals surface area contributed by atoms with Crippen LogP contribution in [0.5, 0.6) is 5.75 Å². The number of amides is 2. The molecule has 9 heteroatoms. The Bertz CT molecular complexity index is 1170. The number of rotatable bonds is 8. The van der Waals surface area contributed by atoms with Crippen molar-refractivity contribution in [2.75, 3.05) is 51.1 Å². The van der Waals surface area contributed by atoms with Gasteiger partial charge in [-0.3, -0.25) is 14.6 Å². The Hall–Kier alpha value is -3.69. The van der Waals surface area contributed by atoms with Crippen LogP contribution < -0.4 is 10.1 Å². The fraction of sp³-hybridized carbons (Fsp3) is 0.414. The molecule has 200 valence electrons. The van der Waals surface area contributed by atoms with Crippen LogP contribution in [0.4, 0.5) is 10.5 Å². The van der Waals surface area contributed by atoms with Crippen LogP contribution in [-0.2, 0) is 13.0 Å². The van der Waals surface area contributed by atoms with Gasteiger partial charge in [-0.05, 0) is 67.9 Å². The van der Waals surface area contributed by atoms with Gasteiger partial charge in [-0.2, -0.15) is 0 Å². The number of carbonyl (C=O) groups is 2. The molecule has 2 amide bonds. The van der Waals surface area contributed by atoms with E-state index in [1.165, 1.54) is 24.8 Å². The molecule has 0 aliphatic carbocycles. The summed E-state index contributed by atoms with van der Waals surface area (Å²) in [5, 5.41) is 2.92. The van der Waals surface area contributed by atoms with Crippen LogP contribution in [0.25, 0.3) is 0 Å². The van der Waals surface area contributed by atoms with Crippen molar-refractivity contribution >= 4 is 17.7 Å². The van der Waals surface area contributed by atoms with Crippen molar-refractivity contribution in [2.45, 2.75) is 32.2 Å². The number of piperazine rings is 1. The Morgan fingerprint density at radius 2 is 1.61 bits per heavy atom. The molecule has 3 heterocycles. The second kappa shape index (κ2) is 12.7. The fourth-order valence-corrected chi connectivity index (χ4v) is 4.97. The van der Waals surface area contributed by atoms with Crippen LogP contribution >= 0.6 is 0 Å². The second-order valence-corrected chi connectivity index (χ2v) is 10.0. The molecule has 38 heavy (non-hydrogen) atoms. The molecule has 0 atom stereocenters. The molecule has 0 radical (unpaired) electrons. The third kappa shape index (κ3) is 7.20. The number of benzene rings is 2. The molecule has 0 bridgehead atoms. The van der Waals surface area contributed by atoms with Crippen LogP contribution in [0, 0.1) is 0 Å². The highest BCUT2D eigenvalue weighted by atomic mass is 16.6. The van der Waals surface area contributed by atoms with Crippen LogP contribution in [-0.4, -0.2) is 82.5 Å². The van der Waals surface area contributed by atoms with Gasteiger partial charge in [0.15, 0.2) is 0 Å². The average molecular weight is 517 g/mol. The molecule has 0 unspecified atom stereocenters. The van der Waals surface area contributed by atoms with Crippen LogP contribution in [0.3, 0.4) is 0 Å². The van der Waals surface area contributed by atoms with Gasteiger partial charge in [0.25, 0.3) is 5.91 Å². The van der Waals surface area contributed by atoms with Gasteiger partial charge in [-0.1, -0.05) is 18.6 Å². The molecule has 5 rings (SSSR count). The molecule has 1 aromatic heterocycles. The Balaban J connectivity index is 1.05. The topological polar surface area (TPSA) is 93.8 Å². The molecule has 9 nitrogen and oxygen atoms in total. The Morgan fingerprint density at radius 3 is 2.29 bits per heavy atom. The van der Waals surface area contributed by atoms with E-state index >= 15 is 0 Å². The lowest BCUT2D eigenvalue weighted by atomic mass is 10.1. The first-order valence-corrected chi connectivity index (χ1v) is 13.5. The smallest absolute Gasteiger partial charge is 0.410 e. The molecule has 2 aliphatic rings. The summed E-state index contributed by atoms with van der Waals surface area (Å²) in [6, 6.07) is 14.7. The van der Waals surface area contributed by atoms with Gasteiger partial charge < -0.3 is 19.9 Å². The number of likely N-dealkylation sites (tertiary alicyclic amines) is 1. The summed E-state index contributed by atoms with van der Waals surface area (Å²) in [5.74, 6) is 0.292. The summed E-state index contributed by atoms with van der Waals surface area (Å²) in [6.45, 7) is 7.03. The number of aromatic amines is 1. The average Bonchev–Trinajstić information content (AvgIpc) is 3.48. The summed E-state index contributed by atoms with van der Waals surface area (Å²) in [4.78, 5) is 39.1. The largest absolute Gasteiger partial charge is 0.415 e. The van der Waals surface area contributed by atoms with Crippen molar-refractivity contribution in [2.24, 2.45) is 0 Å². The molecule has 2 N–H and O–H groups in total. The molecule has 3 aromatic rings. The van der Waals surface area contributed by atoms with Gasteiger partial charge in [0.1, 0.15) is 5.75 Å². The first-order valence-electron chi connectivity index (χ1n) is 13.5. The summed E-state index contributed by atoms with van der Waals surface area (Å²) in [6.07, 6.45) is 8.01. The standard InChI is InChI=1S/C29H36N6O3/c36-28(24-6-4-23(5-7-24)21-34-13-2-1-3-14-34)32-25-8-10-27(11-9-25)38-29(37)35-18-16-33(17-19-35)15-12-26-20-30-22-31-26/h4-11,20,22H,1-3,12-19,21H2,(H,30,31)(H,32,36). The Labute approximate surface area is 223 Å². The number of aromatic nitrogens is 2. The van der Waals surface area contributed by atoms with Crippen molar-refractivity contribution in [1.82, 2.24) is 24.7 Å². The van der Waals surface area contributed by atoms with Crippen molar-refractivity contribution < 1.29 is 14.3 Å². The van der Waals surface area contributed by atoms with Crippen molar-refractivity contribution in [3.8, 4) is 5.75 Å². The summed E-state index contributed by atoms with van der Waals surface area (Å²) >= 11 is 0. The molecule has 2 fully saturated rings. The minimum Gasteiger partial charge on any atom is -0.410 e. The summed E-state index contributed by atoms with van der Waals surface area (Å²) in [5.41, 5.74) is 3.54. The van der Waals surface area contributed by atoms with Gasteiger partial charge in [-0.15, -0.1) is 0 Å². The van der Waals surface area contributed by atoms with E-state index < -0.39 is 0 Å². The third-order valence-corrected chi connectivity index (χ3v) is 7.26. The first-order chi connectivity index (χ1) is 18.6. The number of piperidine rings is 1. The van der Waals surface area contributed by atoms with Gasteiger partial charge in [0, 0.05) is 63.1 Å². The van der Waals surface area contributed by atoms with Gasteiger partial charge >= 0.3 is 6.09 Å². The number of anilines is 1. The van der Waals surface area contributed by atoms with Crippen LogP contribution in [0.15, 0.2) is 61.1 Å². The molecular formula is C29H36N6O3. The van der Waals surface area contributed by atoms with Gasteiger partial charge in [-0.25, -0.2) is 9.78 Å². The maximum Gasteiger partial charge on any atom is 0.415 e. The van der Waals surface area contributed by atoms with E-state index in [2.05, 4.69) is 25.1 Å². The van der Waals surface area contributed by atoms with Gasteiger partial charge in [0.2, 0.25) is 0 Å². The van der Waals surface area contributed by atoms with E-state index in [1.54, 1.807) is 35.5 Å². The number of carbonyl (C=O) groups excluding carboxylic acids is 2. The normalized spacial score (nSPS) is 16.8. The minimum atomic E-state index is -0.349. The molecular weight excluding hydrogens is 480 g/mol. The lowest BCUT2D eigenvalue weighted by Gasteiger charge is -2.33. The third-order valence-electron chi connectivity index (χ3n) is 7.26. The van der Waals surface area contributed by atoms with Crippen LogP contribution in [0.1, 0.15) is 40.9 Å². The number of hydrogen-bond donors (Lipinski definition) is 2. The van der Waals surface area contributed by atoms with E-state index in [4.69, 9.17) is 4.74 Å². The number of ether oxygens (including phenoxy) is 1. The zero-order valence-corrected chi connectivity index (χ0v) is 21.8. The second-order valence-electron chi connectivity index (χ2n) is 10.0. The number of imidazole rings is 1. The number of nitrogens with one attached hydrogen (secondary N) is 2. The molecule has 2 saturated heterocycles. The number of H-pyrrole nitrogens is 1. The highest BCUT2D eigenvalue weighted by Crippen LogP contribution is 2.19. The summed E-state index contributed by atoms with van der Waals surface area (Å²) in [7, 11) is 0. The first kappa shape index (κ1) is 25.9. The highest BCUT2D eigenvalue weighted by Gasteiger charge is 2.22. The quantitative estimate of drug-likeness (QED) is 0.470. The van der Waals surface area contributed by atoms with Crippen molar-refractivity contribution in [3.63, 3.8) is 0 Å². The van der Waals surface area contributed by atoms with Gasteiger partial charge in [0.05, 0.1) is 12.0 Å². The maximum absolute atomic E-state index is 12.7. The maximum atomic E-state index is 12.7. The van der Waals surface area contributed by atoms with E-state index in [0.29, 0.717) is 30.1 Å². The zero-order chi connectivity index (χ0) is 26.2. The number of hydrogen-bond acceptors (Lipinski definition) is 6. The molecule has 2 aliphatic heterocycles. The lowest BCUT2D eigenvalue weighted by Crippen LogP contribution is -2.49. The Morgan fingerprint density at radius 1 is 0.868 bits per heavy atom. The lowest BCUT2D eigenvalue weighted by molar-refractivity contribution is 0.102. The predicted octanol–water partition coefficient (Wildman–Crippen LogP) is 4.01.